The molecule has 0 radical (unpaired) electrons. The first-order chi connectivity index (χ1) is 7.55. The number of allylic oxidation sites excluding steroid dienone is 2. The maximum absolute atomic E-state index is 6.28. The Balaban J connectivity index is 1.94. The van der Waals surface area contributed by atoms with Crippen molar-refractivity contribution in [1.29, 1.82) is 0 Å². The second-order valence-corrected chi connectivity index (χ2v) is 7.06. The highest BCUT2D eigenvalue weighted by Gasteiger charge is 2.27. The SMILES string of the molecule is CC1(C)CC(CCc2cccs2)=CC(Cl)C1. The van der Waals surface area contributed by atoms with E-state index in [1.54, 1.807) is 5.57 Å². The molecule has 1 atom stereocenters. The molecule has 0 N–H and O–H groups in total. The topological polar surface area (TPSA) is 0 Å². The van der Waals surface area contributed by atoms with Gasteiger partial charge in [0, 0.05) is 4.88 Å². The largest absolute Gasteiger partial charge is 0.149 e. The van der Waals surface area contributed by atoms with Crippen LogP contribution in [0.4, 0.5) is 0 Å². The van der Waals surface area contributed by atoms with Crippen molar-refractivity contribution in [2.45, 2.75) is 44.9 Å². The fourth-order valence-corrected chi connectivity index (χ4v) is 3.80. The van der Waals surface area contributed by atoms with Crippen molar-refractivity contribution in [3.05, 3.63) is 34.0 Å². The van der Waals surface area contributed by atoms with Gasteiger partial charge in [0.15, 0.2) is 0 Å². The van der Waals surface area contributed by atoms with Crippen LogP contribution in [0.15, 0.2) is 29.2 Å². The lowest BCUT2D eigenvalue weighted by atomic mass is 9.76. The van der Waals surface area contributed by atoms with E-state index in [0.29, 0.717) is 5.41 Å². The highest BCUT2D eigenvalue weighted by atomic mass is 35.5. The maximum Gasteiger partial charge on any atom is 0.0523 e. The van der Waals surface area contributed by atoms with E-state index in [0.717, 1.165) is 6.42 Å². The molecule has 1 aromatic heterocycles. The number of hydrogen-bond acceptors (Lipinski definition) is 1. The smallest absolute Gasteiger partial charge is 0.0523 e. The molecular formula is C14H19ClS. The van der Waals surface area contributed by atoms with Gasteiger partial charge in [0.1, 0.15) is 0 Å². The zero-order chi connectivity index (χ0) is 11.6. The molecule has 0 fully saturated rings. The molecule has 0 spiro atoms. The third-order valence-corrected chi connectivity index (χ3v) is 4.36. The summed E-state index contributed by atoms with van der Waals surface area (Å²) < 4.78 is 0. The zero-order valence-electron chi connectivity index (χ0n) is 10.0. The summed E-state index contributed by atoms with van der Waals surface area (Å²) in [7, 11) is 0. The summed E-state index contributed by atoms with van der Waals surface area (Å²) in [6, 6.07) is 4.35. The summed E-state index contributed by atoms with van der Waals surface area (Å²) in [6.07, 6.45) is 6.94. The van der Waals surface area contributed by atoms with Gasteiger partial charge < -0.3 is 0 Å². The van der Waals surface area contributed by atoms with Crippen LogP contribution in [0.3, 0.4) is 0 Å². The standard InChI is InChI=1S/C14H19ClS/c1-14(2)9-11(8-12(15)10-14)5-6-13-4-3-7-16-13/h3-4,7-8,12H,5-6,9-10H2,1-2H3. The monoisotopic (exact) mass is 254 g/mol. The van der Waals surface area contributed by atoms with Crippen molar-refractivity contribution >= 4 is 22.9 Å². The third-order valence-electron chi connectivity index (χ3n) is 3.14. The minimum Gasteiger partial charge on any atom is -0.149 e. The van der Waals surface area contributed by atoms with Crippen LogP contribution in [0.2, 0.25) is 0 Å². The summed E-state index contributed by atoms with van der Waals surface area (Å²) in [5.74, 6) is 0. The number of halogens is 1. The molecular weight excluding hydrogens is 236 g/mol. The number of hydrogen-bond donors (Lipinski definition) is 0. The van der Waals surface area contributed by atoms with Crippen LogP contribution in [0.1, 0.15) is 38.0 Å². The van der Waals surface area contributed by atoms with Gasteiger partial charge in [-0.2, -0.15) is 0 Å². The lowest BCUT2D eigenvalue weighted by molar-refractivity contribution is 0.319. The molecule has 0 amide bonds. The van der Waals surface area contributed by atoms with Crippen molar-refractivity contribution < 1.29 is 0 Å². The van der Waals surface area contributed by atoms with E-state index >= 15 is 0 Å². The van der Waals surface area contributed by atoms with Crippen molar-refractivity contribution in [3.8, 4) is 0 Å². The van der Waals surface area contributed by atoms with E-state index in [2.05, 4.69) is 37.4 Å². The molecule has 1 aromatic rings. The number of alkyl halides is 1. The van der Waals surface area contributed by atoms with Gasteiger partial charge in [0.2, 0.25) is 0 Å². The Kier molecular flexibility index (Phi) is 3.76. The minimum absolute atomic E-state index is 0.238. The van der Waals surface area contributed by atoms with Crippen molar-refractivity contribution in [2.24, 2.45) is 5.41 Å². The number of aryl methyl sites for hydroxylation is 1. The summed E-state index contributed by atoms with van der Waals surface area (Å²) >= 11 is 8.13. The lowest BCUT2D eigenvalue weighted by Crippen LogP contribution is -2.22. The molecule has 2 heteroatoms. The predicted molar refractivity (Wildman–Crippen MR) is 73.4 cm³/mol. The van der Waals surface area contributed by atoms with Gasteiger partial charge in [0.25, 0.3) is 0 Å². The van der Waals surface area contributed by atoms with Gasteiger partial charge in [0.05, 0.1) is 5.38 Å². The summed E-state index contributed by atoms with van der Waals surface area (Å²) in [5.41, 5.74) is 1.93. The van der Waals surface area contributed by atoms with Gasteiger partial charge in [-0.1, -0.05) is 31.6 Å². The molecule has 16 heavy (non-hydrogen) atoms. The number of rotatable bonds is 3. The van der Waals surface area contributed by atoms with E-state index in [9.17, 15) is 0 Å². The highest BCUT2D eigenvalue weighted by Crippen LogP contribution is 2.38. The summed E-state index contributed by atoms with van der Waals surface area (Å²) in [4.78, 5) is 1.48. The average molecular weight is 255 g/mol. The van der Waals surface area contributed by atoms with E-state index in [1.807, 2.05) is 11.3 Å². The molecule has 0 bridgehead atoms. The van der Waals surface area contributed by atoms with Crippen LogP contribution in [-0.4, -0.2) is 5.38 Å². The summed E-state index contributed by atoms with van der Waals surface area (Å²) in [6.45, 7) is 4.64. The van der Waals surface area contributed by atoms with E-state index in [-0.39, 0.29) is 5.38 Å². The van der Waals surface area contributed by atoms with Crippen LogP contribution in [-0.2, 0) is 6.42 Å². The molecule has 0 nitrogen and oxygen atoms in total. The predicted octanol–water partition coefficient (Wildman–Crippen LogP) is 5.03. The molecule has 0 saturated heterocycles. The van der Waals surface area contributed by atoms with Crippen molar-refractivity contribution in [3.63, 3.8) is 0 Å². The molecule has 1 heterocycles. The van der Waals surface area contributed by atoms with Crippen molar-refractivity contribution in [2.75, 3.05) is 0 Å². The van der Waals surface area contributed by atoms with Crippen LogP contribution in [0.25, 0.3) is 0 Å². The third kappa shape index (κ3) is 3.36. The maximum atomic E-state index is 6.28. The van der Waals surface area contributed by atoms with Gasteiger partial charge in [-0.05, 0) is 42.5 Å². The van der Waals surface area contributed by atoms with E-state index < -0.39 is 0 Å². The Morgan fingerprint density at radius 2 is 2.25 bits per heavy atom. The lowest BCUT2D eigenvalue weighted by Gasteiger charge is -2.32. The Morgan fingerprint density at radius 3 is 2.88 bits per heavy atom. The summed E-state index contributed by atoms with van der Waals surface area (Å²) in [5, 5.41) is 2.39. The Bertz CT molecular complexity index is 362. The van der Waals surface area contributed by atoms with Gasteiger partial charge in [-0.25, -0.2) is 0 Å². The van der Waals surface area contributed by atoms with Gasteiger partial charge in [-0.3, -0.25) is 0 Å². The second kappa shape index (κ2) is 4.93. The van der Waals surface area contributed by atoms with Crippen LogP contribution >= 0.6 is 22.9 Å². The van der Waals surface area contributed by atoms with E-state index in [4.69, 9.17) is 11.6 Å². The Labute approximate surface area is 107 Å². The molecule has 88 valence electrons. The fraction of sp³-hybridized carbons (Fsp3) is 0.571. The molecule has 1 aliphatic carbocycles. The van der Waals surface area contributed by atoms with Gasteiger partial charge in [-0.15, -0.1) is 22.9 Å². The Hall–Kier alpha value is -0.270. The van der Waals surface area contributed by atoms with Crippen molar-refractivity contribution in [1.82, 2.24) is 0 Å². The van der Waals surface area contributed by atoms with E-state index in [1.165, 1.54) is 24.1 Å². The first-order valence-electron chi connectivity index (χ1n) is 5.91. The number of thiophene rings is 1. The highest BCUT2D eigenvalue weighted by molar-refractivity contribution is 7.09. The second-order valence-electron chi connectivity index (χ2n) is 5.47. The Morgan fingerprint density at radius 1 is 1.44 bits per heavy atom. The first kappa shape index (κ1) is 12.2. The van der Waals surface area contributed by atoms with Crippen LogP contribution < -0.4 is 0 Å². The molecule has 0 saturated carbocycles. The normalized spacial score (nSPS) is 24.2. The van der Waals surface area contributed by atoms with Crippen LogP contribution in [0.5, 0.6) is 0 Å². The molecule has 2 rings (SSSR count). The zero-order valence-corrected chi connectivity index (χ0v) is 11.6. The molecule has 0 aromatic carbocycles. The molecule has 0 aliphatic heterocycles. The molecule has 1 unspecified atom stereocenters. The minimum atomic E-state index is 0.238. The van der Waals surface area contributed by atoms with Gasteiger partial charge >= 0.3 is 0 Å². The van der Waals surface area contributed by atoms with Crippen LogP contribution in [0, 0.1) is 5.41 Å². The molecule has 1 aliphatic rings. The first-order valence-corrected chi connectivity index (χ1v) is 7.23. The average Bonchev–Trinajstić information content (AvgIpc) is 2.63. The fourth-order valence-electron chi connectivity index (χ4n) is 2.50. The quantitative estimate of drug-likeness (QED) is 0.524.